The first kappa shape index (κ1) is 8.30. The molecule has 0 unspecified atom stereocenters. The van der Waals surface area contributed by atoms with Gasteiger partial charge in [0.05, 0.1) is 6.20 Å². The van der Waals surface area contributed by atoms with Crippen LogP contribution in [0.15, 0.2) is 24.9 Å². The number of nitrogens with zero attached hydrogens (tertiary/aromatic N) is 5. The summed E-state index contributed by atoms with van der Waals surface area (Å²) in [7, 11) is 0. The molecule has 0 spiro atoms. The van der Waals surface area contributed by atoms with Crippen LogP contribution in [0.1, 0.15) is 10.6 Å². The fourth-order valence-electron chi connectivity index (χ4n) is 0.956. The molecule has 0 bridgehead atoms. The highest BCUT2D eigenvalue weighted by atomic mass is 16.4. The van der Waals surface area contributed by atoms with E-state index < -0.39 is 5.97 Å². The van der Waals surface area contributed by atoms with E-state index in [-0.39, 0.29) is 5.82 Å². The predicted molar refractivity (Wildman–Crippen MR) is 43.9 cm³/mol. The molecule has 0 radical (unpaired) electrons. The molecule has 2 aromatic rings. The summed E-state index contributed by atoms with van der Waals surface area (Å²) in [6.45, 7) is 0. The van der Waals surface area contributed by atoms with Gasteiger partial charge < -0.3 is 5.11 Å². The first-order valence-electron chi connectivity index (χ1n) is 3.69. The zero-order valence-corrected chi connectivity index (χ0v) is 6.90. The molecule has 0 saturated heterocycles. The van der Waals surface area contributed by atoms with Crippen molar-refractivity contribution in [3.8, 4) is 5.82 Å². The smallest absolute Gasteiger partial charge is 0.374 e. The van der Waals surface area contributed by atoms with E-state index in [2.05, 4.69) is 20.1 Å². The molecule has 0 aromatic carbocycles. The van der Waals surface area contributed by atoms with E-state index in [0.717, 1.165) is 11.0 Å². The summed E-state index contributed by atoms with van der Waals surface area (Å²) >= 11 is 0. The molecule has 0 aliphatic heterocycles. The Labute approximate surface area is 78.1 Å². The summed E-state index contributed by atoms with van der Waals surface area (Å²) in [5.74, 6) is -1.03. The normalized spacial score (nSPS) is 10.0. The number of aromatic carboxylic acids is 1. The lowest BCUT2D eigenvalue weighted by Crippen LogP contribution is -2.10. The third-order valence-corrected chi connectivity index (χ3v) is 1.51. The van der Waals surface area contributed by atoms with Gasteiger partial charge in [-0.2, -0.15) is 9.78 Å². The number of carboxylic acid groups (broad SMARTS) is 1. The van der Waals surface area contributed by atoms with E-state index in [1.807, 2.05) is 0 Å². The number of carbonyl (C=O) groups is 1. The maximum absolute atomic E-state index is 10.7. The molecule has 2 heterocycles. The summed E-state index contributed by atoms with van der Waals surface area (Å²) in [4.78, 5) is 22.0. The van der Waals surface area contributed by atoms with Crippen LogP contribution in [-0.2, 0) is 0 Å². The Bertz CT molecular complexity index is 452. The third kappa shape index (κ3) is 1.30. The van der Waals surface area contributed by atoms with Gasteiger partial charge in [-0.15, -0.1) is 0 Å². The van der Waals surface area contributed by atoms with Crippen LogP contribution in [0.25, 0.3) is 5.82 Å². The highest BCUT2D eigenvalue weighted by Gasteiger charge is 2.13. The Balaban J connectivity index is 2.52. The molecule has 2 aromatic heterocycles. The van der Waals surface area contributed by atoms with Gasteiger partial charge in [-0.3, -0.25) is 4.98 Å². The standard InChI is InChI=1S/C7H5N5O2/c13-7(14)6-10-4-11-12(6)5-3-8-1-2-9-5/h1-4H,(H,13,14). The van der Waals surface area contributed by atoms with E-state index in [9.17, 15) is 4.79 Å². The number of aromatic nitrogens is 5. The van der Waals surface area contributed by atoms with Crippen molar-refractivity contribution in [1.82, 2.24) is 24.7 Å². The highest BCUT2D eigenvalue weighted by Crippen LogP contribution is 2.02. The molecule has 0 atom stereocenters. The SMILES string of the molecule is O=C(O)c1ncnn1-c1cnccn1. The number of hydrogen-bond acceptors (Lipinski definition) is 5. The van der Waals surface area contributed by atoms with Gasteiger partial charge >= 0.3 is 5.97 Å². The molecule has 0 fully saturated rings. The third-order valence-electron chi connectivity index (χ3n) is 1.51. The minimum atomic E-state index is -1.16. The highest BCUT2D eigenvalue weighted by molar-refractivity contribution is 5.83. The molecular weight excluding hydrogens is 186 g/mol. The van der Waals surface area contributed by atoms with Gasteiger partial charge in [-0.05, 0) is 0 Å². The van der Waals surface area contributed by atoms with Crippen LogP contribution in [0.2, 0.25) is 0 Å². The van der Waals surface area contributed by atoms with E-state index in [0.29, 0.717) is 5.82 Å². The monoisotopic (exact) mass is 191 g/mol. The van der Waals surface area contributed by atoms with Crippen LogP contribution < -0.4 is 0 Å². The van der Waals surface area contributed by atoms with Gasteiger partial charge in [0.1, 0.15) is 6.33 Å². The Morgan fingerprint density at radius 1 is 1.36 bits per heavy atom. The van der Waals surface area contributed by atoms with E-state index in [4.69, 9.17) is 5.11 Å². The summed E-state index contributed by atoms with van der Waals surface area (Å²) in [5, 5.41) is 12.5. The molecule has 0 aliphatic carbocycles. The lowest BCUT2D eigenvalue weighted by Gasteiger charge is -1.99. The summed E-state index contributed by atoms with van der Waals surface area (Å²) < 4.78 is 1.11. The number of rotatable bonds is 2. The van der Waals surface area contributed by atoms with E-state index >= 15 is 0 Å². The van der Waals surface area contributed by atoms with Crippen molar-refractivity contribution in [2.75, 3.05) is 0 Å². The van der Waals surface area contributed by atoms with Gasteiger partial charge in [-0.1, -0.05) is 0 Å². The molecule has 70 valence electrons. The van der Waals surface area contributed by atoms with Crippen LogP contribution in [-0.4, -0.2) is 35.8 Å². The van der Waals surface area contributed by atoms with Crippen molar-refractivity contribution in [3.63, 3.8) is 0 Å². The largest absolute Gasteiger partial charge is 0.475 e. The Hall–Kier alpha value is -2.31. The fraction of sp³-hybridized carbons (Fsp3) is 0. The van der Waals surface area contributed by atoms with Gasteiger partial charge in [0.2, 0.25) is 5.82 Å². The van der Waals surface area contributed by atoms with E-state index in [1.54, 1.807) is 0 Å². The lowest BCUT2D eigenvalue weighted by atomic mass is 10.6. The van der Waals surface area contributed by atoms with E-state index in [1.165, 1.54) is 18.6 Å². The molecule has 7 heteroatoms. The second-order valence-electron chi connectivity index (χ2n) is 2.36. The molecular formula is C7H5N5O2. The molecule has 2 rings (SSSR count). The van der Waals surface area contributed by atoms with Gasteiger partial charge in [-0.25, -0.2) is 14.8 Å². The second-order valence-corrected chi connectivity index (χ2v) is 2.36. The fourth-order valence-corrected chi connectivity index (χ4v) is 0.956. The zero-order valence-electron chi connectivity index (χ0n) is 6.90. The topological polar surface area (TPSA) is 93.8 Å². The molecule has 0 amide bonds. The van der Waals surface area contributed by atoms with Crippen molar-refractivity contribution < 1.29 is 9.90 Å². The maximum Gasteiger partial charge on any atom is 0.374 e. The van der Waals surface area contributed by atoms with Crippen molar-refractivity contribution in [2.24, 2.45) is 0 Å². The van der Waals surface area contributed by atoms with Crippen molar-refractivity contribution >= 4 is 5.97 Å². The van der Waals surface area contributed by atoms with Crippen LogP contribution in [0, 0.1) is 0 Å². The summed E-state index contributed by atoms with van der Waals surface area (Å²) in [5.41, 5.74) is 0. The lowest BCUT2D eigenvalue weighted by molar-refractivity contribution is 0.0680. The molecule has 1 N–H and O–H groups in total. The molecule has 7 nitrogen and oxygen atoms in total. The second kappa shape index (κ2) is 3.21. The minimum absolute atomic E-state index is 0.189. The van der Waals surface area contributed by atoms with Crippen molar-refractivity contribution in [2.45, 2.75) is 0 Å². The number of carboxylic acids is 1. The average molecular weight is 191 g/mol. The number of hydrogen-bond donors (Lipinski definition) is 1. The quantitative estimate of drug-likeness (QED) is 0.703. The Kier molecular flexibility index (Phi) is 1.90. The van der Waals surface area contributed by atoms with Crippen molar-refractivity contribution in [1.29, 1.82) is 0 Å². The molecule has 0 aliphatic rings. The maximum atomic E-state index is 10.7. The van der Waals surface area contributed by atoms with Crippen LogP contribution >= 0.6 is 0 Å². The predicted octanol–water partition coefficient (Wildman–Crippen LogP) is -0.245. The first-order valence-corrected chi connectivity index (χ1v) is 3.69. The van der Waals surface area contributed by atoms with Gasteiger partial charge in [0, 0.05) is 12.4 Å². The van der Waals surface area contributed by atoms with Gasteiger partial charge in [0.25, 0.3) is 0 Å². The van der Waals surface area contributed by atoms with Crippen LogP contribution in [0.5, 0.6) is 0 Å². The Morgan fingerprint density at radius 3 is 2.86 bits per heavy atom. The van der Waals surface area contributed by atoms with Crippen molar-refractivity contribution in [3.05, 3.63) is 30.7 Å². The van der Waals surface area contributed by atoms with Crippen LogP contribution in [0.3, 0.4) is 0 Å². The Morgan fingerprint density at radius 2 is 2.21 bits per heavy atom. The summed E-state index contributed by atoms with van der Waals surface area (Å²) in [6.07, 6.45) is 5.49. The van der Waals surface area contributed by atoms with Gasteiger partial charge in [0.15, 0.2) is 5.82 Å². The molecule has 14 heavy (non-hydrogen) atoms. The summed E-state index contributed by atoms with van der Waals surface area (Å²) in [6, 6.07) is 0. The average Bonchev–Trinajstić information content (AvgIpc) is 2.67. The zero-order chi connectivity index (χ0) is 9.97. The van der Waals surface area contributed by atoms with Crippen LogP contribution in [0.4, 0.5) is 0 Å². The molecule has 0 saturated carbocycles. The first-order chi connectivity index (χ1) is 6.79. The minimum Gasteiger partial charge on any atom is -0.475 e.